The second-order valence-corrected chi connectivity index (χ2v) is 7.49. The number of benzene rings is 2. The monoisotopic (exact) mass is 402 g/mol. The zero-order valence-corrected chi connectivity index (χ0v) is 16.8. The van der Waals surface area contributed by atoms with Crippen LogP contribution in [0, 0.1) is 6.92 Å². The van der Waals surface area contributed by atoms with Crippen LogP contribution < -0.4 is 15.8 Å². The number of rotatable bonds is 4. The van der Waals surface area contributed by atoms with Gasteiger partial charge in [-0.3, -0.25) is 14.4 Å². The van der Waals surface area contributed by atoms with Crippen molar-refractivity contribution < 1.29 is 9.59 Å². The van der Waals surface area contributed by atoms with Crippen molar-refractivity contribution in [2.75, 3.05) is 10.2 Å². The van der Waals surface area contributed by atoms with Gasteiger partial charge in [0.15, 0.2) is 0 Å². The largest absolute Gasteiger partial charge is 0.324 e. The highest BCUT2D eigenvalue weighted by Gasteiger charge is 2.32. The average molecular weight is 402 g/mol. The van der Waals surface area contributed by atoms with E-state index >= 15 is 0 Å². The van der Waals surface area contributed by atoms with Gasteiger partial charge < -0.3 is 10.2 Å². The lowest BCUT2D eigenvalue weighted by atomic mass is 10.1. The van der Waals surface area contributed by atoms with E-state index in [1.54, 1.807) is 17.0 Å². The summed E-state index contributed by atoms with van der Waals surface area (Å²) in [5.41, 5.74) is 3.35. The highest BCUT2D eigenvalue weighted by molar-refractivity contribution is 6.06. The molecule has 0 saturated heterocycles. The van der Waals surface area contributed by atoms with Crippen LogP contribution in [-0.4, -0.2) is 27.6 Å². The summed E-state index contributed by atoms with van der Waals surface area (Å²) >= 11 is 0. The van der Waals surface area contributed by atoms with Gasteiger partial charge in [0.2, 0.25) is 5.91 Å². The van der Waals surface area contributed by atoms with Crippen molar-refractivity contribution in [2.24, 2.45) is 0 Å². The van der Waals surface area contributed by atoms with E-state index in [2.05, 4.69) is 10.4 Å². The third-order valence-electron chi connectivity index (χ3n) is 5.14. The highest BCUT2D eigenvalue weighted by Crippen LogP contribution is 2.32. The molecule has 0 fully saturated rings. The van der Waals surface area contributed by atoms with Crippen molar-refractivity contribution >= 4 is 23.2 Å². The van der Waals surface area contributed by atoms with Crippen LogP contribution in [0.15, 0.2) is 65.5 Å². The molecule has 2 amide bonds. The molecule has 0 aliphatic carbocycles. The van der Waals surface area contributed by atoms with Gasteiger partial charge in [0.25, 0.3) is 11.5 Å². The van der Waals surface area contributed by atoms with Crippen molar-refractivity contribution in [1.29, 1.82) is 0 Å². The minimum Gasteiger partial charge on any atom is -0.324 e. The number of aryl methyl sites for hydroxylation is 1. The normalized spacial score (nSPS) is 15.0. The van der Waals surface area contributed by atoms with E-state index in [-0.39, 0.29) is 24.2 Å². The molecule has 4 rings (SSSR count). The van der Waals surface area contributed by atoms with E-state index in [4.69, 9.17) is 0 Å². The Morgan fingerprint density at radius 1 is 1.07 bits per heavy atom. The number of fused-ring (bicyclic) bond motifs is 1. The molecule has 30 heavy (non-hydrogen) atoms. The van der Waals surface area contributed by atoms with Crippen LogP contribution in [0.3, 0.4) is 0 Å². The van der Waals surface area contributed by atoms with E-state index in [1.165, 1.54) is 12.1 Å². The molecule has 1 aromatic heterocycles. The molecule has 0 saturated carbocycles. The summed E-state index contributed by atoms with van der Waals surface area (Å²) in [6.07, 6.45) is 0.764. The van der Waals surface area contributed by atoms with Gasteiger partial charge in [-0.15, -0.1) is 0 Å². The van der Waals surface area contributed by atoms with E-state index < -0.39 is 11.5 Å². The number of hydrogen-bond acceptors (Lipinski definition) is 4. The van der Waals surface area contributed by atoms with Crippen LogP contribution in [0.4, 0.5) is 11.4 Å². The van der Waals surface area contributed by atoms with Gasteiger partial charge in [-0.2, -0.15) is 5.10 Å². The molecule has 3 aromatic rings. The van der Waals surface area contributed by atoms with Crippen LogP contribution >= 0.6 is 0 Å². The van der Waals surface area contributed by atoms with Gasteiger partial charge in [-0.05, 0) is 50.1 Å². The maximum atomic E-state index is 13.1. The van der Waals surface area contributed by atoms with E-state index in [1.807, 2.05) is 50.2 Å². The molecule has 1 atom stereocenters. The van der Waals surface area contributed by atoms with Gasteiger partial charge in [-0.1, -0.05) is 35.9 Å². The topological polar surface area (TPSA) is 84.3 Å². The first-order valence-electron chi connectivity index (χ1n) is 9.78. The van der Waals surface area contributed by atoms with Crippen LogP contribution in [-0.2, 0) is 17.8 Å². The Balaban J connectivity index is 1.54. The molecule has 0 spiro atoms. The number of amides is 2. The number of carbonyl (C=O) groups is 2. The molecule has 152 valence electrons. The molecule has 7 heteroatoms. The molecule has 1 N–H and O–H groups in total. The fourth-order valence-corrected chi connectivity index (χ4v) is 3.65. The molecular formula is C23H22N4O3. The minimum absolute atomic E-state index is 0.0121. The smallest absolute Gasteiger partial charge is 0.278 e. The van der Waals surface area contributed by atoms with E-state index in [0.717, 1.165) is 27.9 Å². The molecule has 2 heterocycles. The summed E-state index contributed by atoms with van der Waals surface area (Å²) < 4.78 is 1.02. The lowest BCUT2D eigenvalue weighted by molar-refractivity contribution is -0.117. The van der Waals surface area contributed by atoms with Gasteiger partial charge in [0.05, 0.1) is 0 Å². The summed E-state index contributed by atoms with van der Waals surface area (Å²) in [5.74, 6) is -0.682. The Kier molecular flexibility index (Phi) is 5.18. The molecule has 0 bridgehead atoms. The number of carbonyl (C=O) groups excluding carboxylic acids is 2. The van der Waals surface area contributed by atoms with Crippen LogP contribution in [0.2, 0.25) is 0 Å². The van der Waals surface area contributed by atoms with Crippen LogP contribution in [0.1, 0.15) is 28.5 Å². The third kappa shape index (κ3) is 3.87. The third-order valence-corrected chi connectivity index (χ3v) is 5.14. The van der Waals surface area contributed by atoms with Crippen molar-refractivity contribution in [3.63, 3.8) is 0 Å². The van der Waals surface area contributed by atoms with Crippen LogP contribution in [0.25, 0.3) is 0 Å². The number of anilines is 2. The lowest BCUT2D eigenvalue weighted by Gasteiger charge is -2.22. The Hall–Kier alpha value is -3.74. The van der Waals surface area contributed by atoms with Crippen molar-refractivity contribution in [2.45, 2.75) is 32.9 Å². The zero-order chi connectivity index (χ0) is 21.3. The first-order chi connectivity index (χ1) is 14.4. The average Bonchev–Trinajstić information content (AvgIpc) is 3.06. The highest BCUT2D eigenvalue weighted by atomic mass is 16.2. The molecule has 0 radical (unpaired) electrons. The Labute approximate surface area is 174 Å². The quantitative estimate of drug-likeness (QED) is 0.727. The molecule has 1 aliphatic rings. The maximum absolute atomic E-state index is 13.1. The zero-order valence-electron chi connectivity index (χ0n) is 16.8. The number of nitrogens with one attached hydrogen (secondary N) is 1. The SMILES string of the molecule is Cc1ccc(NC(=O)Cn2nc(C(=O)N3c4ccccc4C[C@@H]3C)ccc2=O)cc1. The molecule has 1 aliphatic heterocycles. The van der Waals surface area contributed by atoms with Crippen LogP contribution in [0.5, 0.6) is 0 Å². The summed E-state index contributed by atoms with van der Waals surface area (Å²) in [4.78, 5) is 39.4. The maximum Gasteiger partial charge on any atom is 0.278 e. The predicted octanol–water partition coefficient (Wildman–Crippen LogP) is 2.78. The number of nitrogens with zero attached hydrogens (tertiary/aromatic N) is 3. The molecular weight excluding hydrogens is 380 g/mol. The standard InChI is InChI=1S/C23H22N4O3/c1-15-7-9-18(10-8-15)24-21(28)14-26-22(29)12-11-19(25-26)23(30)27-16(2)13-17-5-3-4-6-20(17)27/h3-12,16H,13-14H2,1-2H3,(H,24,28)/t16-/m0/s1. The Morgan fingerprint density at radius 3 is 2.57 bits per heavy atom. The summed E-state index contributed by atoms with van der Waals surface area (Å²) in [6, 6.07) is 17.8. The van der Waals surface area contributed by atoms with Gasteiger partial charge in [0.1, 0.15) is 12.2 Å². The fourth-order valence-electron chi connectivity index (χ4n) is 3.65. The predicted molar refractivity (Wildman–Crippen MR) is 115 cm³/mol. The molecule has 7 nitrogen and oxygen atoms in total. The Bertz CT molecular complexity index is 1170. The number of aromatic nitrogens is 2. The van der Waals surface area contributed by atoms with Crippen molar-refractivity contribution in [3.05, 3.63) is 87.8 Å². The number of para-hydroxylation sites is 1. The van der Waals surface area contributed by atoms with Gasteiger partial charge in [-0.25, -0.2) is 4.68 Å². The van der Waals surface area contributed by atoms with Crippen molar-refractivity contribution in [3.8, 4) is 0 Å². The van der Waals surface area contributed by atoms with E-state index in [9.17, 15) is 14.4 Å². The summed E-state index contributed by atoms with van der Waals surface area (Å²) in [5, 5.41) is 6.91. The minimum atomic E-state index is -0.444. The van der Waals surface area contributed by atoms with Gasteiger partial charge >= 0.3 is 0 Å². The first-order valence-corrected chi connectivity index (χ1v) is 9.78. The van der Waals surface area contributed by atoms with E-state index in [0.29, 0.717) is 5.69 Å². The Morgan fingerprint density at radius 2 is 1.80 bits per heavy atom. The van der Waals surface area contributed by atoms with Gasteiger partial charge in [0, 0.05) is 23.5 Å². The fraction of sp³-hybridized carbons (Fsp3) is 0.217. The second kappa shape index (κ2) is 7.94. The summed E-state index contributed by atoms with van der Waals surface area (Å²) in [6.45, 7) is 3.65. The lowest BCUT2D eigenvalue weighted by Crippen LogP contribution is -2.38. The molecule has 0 unspecified atom stereocenters. The number of hydrogen-bond donors (Lipinski definition) is 1. The molecule has 2 aromatic carbocycles. The van der Waals surface area contributed by atoms with Crippen molar-refractivity contribution in [1.82, 2.24) is 9.78 Å². The first kappa shape index (κ1) is 19.6. The second-order valence-electron chi connectivity index (χ2n) is 7.49. The summed E-state index contributed by atoms with van der Waals surface area (Å²) in [7, 11) is 0.